The Balaban J connectivity index is 1.65. The van der Waals surface area contributed by atoms with Gasteiger partial charge < -0.3 is 4.90 Å². The van der Waals surface area contributed by atoms with Crippen molar-refractivity contribution < 1.29 is 16.8 Å². The number of aromatic nitrogens is 1. The lowest BCUT2D eigenvalue weighted by Crippen LogP contribution is -2.48. The summed E-state index contributed by atoms with van der Waals surface area (Å²) in [6.45, 7) is 5.33. The zero-order valence-electron chi connectivity index (χ0n) is 17.5. The minimum atomic E-state index is -3.62. The van der Waals surface area contributed by atoms with Gasteiger partial charge in [0.1, 0.15) is 10.7 Å². The normalized spacial score (nSPS) is 16.9. The maximum Gasteiger partial charge on any atom is 0.243 e. The van der Waals surface area contributed by atoms with Crippen LogP contribution in [0.15, 0.2) is 52.4 Å². The van der Waals surface area contributed by atoms with Crippen LogP contribution in [0.1, 0.15) is 26.7 Å². The molecule has 0 bridgehead atoms. The van der Waals surface area contributed by atoms with Crippen molar-refractivity contribution in [2.24, 2.45) is 0 Å². The second-order valence-electron chi connectivity index (χ2n) is 7.51. The molecular weight excluding hydrogens is 460 g/mol. The Kier molecular flexibility index (Phi) is 7.59. The van der Waals surface area contributed by atoms with E-state index >= 15 is 0 Å². The Morgan fingerprint density at radius 2 is 1.77 bits per heavy atom. The molecule has 2 aromatic rings. The van der Waals surface area contributed by atoms with Gasteiger partial charge in [0.2, 0.25) is 20.0 Å². The van der Waals surface area contributed by atoms with Crippen LogP contribution in [0.3, 0.4) is 0 Å². The van der Waals surface area contributed by atoms with Crippen LogP contribution in [0.4, 0.5) is 5.82 Å². The highest BCUT2D eigenvalue weighted by molar-refractivity contribution is 7.89. The number of benzene rings is 1. The second-order valence-corrected chi connectivity index (χ2v) is 11.6. The van der Waals surface area contributed by atoms with Crippen molar-refractivity contribution in [3.63, 3.8) is 0 Å². The first-order valence-electron chi connectivity index (χ1n) is 10.1. The summed E-state index contributed by atoms with van der Waals surface area (Å²) in [7, 11) is -7.24. The van der Waals surface area contributed by atoms with E-state index < -0.39 is 20.0 Å². The van der Waals surface area contributed by atoms with Crippen LogP contribution in [0.25, 0.3) is 0 Å². The van der Waals surface area contributed by atoms with E-state index in [1.54, 1.807) is 18.2 Å². The van der Waals surface area contributed by atoms with Crippen LogP contribution in [-0.2, 0) is 20.0 Å². The third kappa shape index (κ3) is 5.75. The molecular formula is C20H27ClN4O4S2. The molecule has 0 radical (unpaired) electrons. The van der Waals surface area contributed by atoms with Gasteiger partial charge in [0.05, 0.1) is 4.90 Å². The summed E-state index contributed by atoms with van der Waals surface area (Å²) in [5.41, 5.74) is 0. The van der Waals surface area contributed by atoms with Crippen molar-refractivity contribution in [3.8, 4) is 0 Å². The third-order valence-corrected chi connectivity index (χ3v) is 8.81. The van der Waals surface area contributed by atoms with E-state index in [-0.39, 0.29) is 15.8 Å². The van der Waals surface area contributed by atoms with Gasteiger partial charge in [-0.25, -0.2) is 26.5 Å². The fraction of sp³-hybridized carbons (Fsp3) is 0.450. The largest absolute Gasteiger partial charge is 0.354 e. The van der Waals surface area contributed by atoms with Gasteiger partial charge in [-0.3, -0.25) is 0 Å². The highest BCUT2D eigenvalue weighted by atomic mass is 35.5. The standard InChI is InChI=1S/C20H27ClN4O4S2/c1-3-5-16(2)23-30(26,27)19-8-9-20(22-15-19)24-10-12-25(13-11-24)31(28,29)18-7-4-6-17(21)14-18/h4,6-9,14-16,23H,3,5,10-13H2,1-2H3. The molecule has 1 aliphatic heterocycles. The number of halogens is 1. The van der Waals surface area contributed by atoms with Crippen LogP contribution in [-0.4, -0.2) is 58.3 Å². The molecule has 1 aliphatic rings. The number of pyridine rings is 1. The number of rotatable bonds is 8. The predicted octanol–water partition coefficient (Wildman–Crippen LogP) is 2.71. The van der Waals surface area contributed by atoms with E-state index in [0.717, 1.165) is 12.8 Å². The quantitative estimate of drug-likeness (QED) is 0.615. The van der Waals surface area contributed by atoms with Crippen molar-refractivity contribution in [1.82, 2.24) is 14.0 Å². The van der Waals surface area contributed by atoms with Crippen molar-refractivity contribution in [1.29, 1.82) is 0 Å². The zero-order chi connectivity index (χ0) is 22.6. The minimum absolute atomic E-state index is 0.112. The van der Waals surface area contributed by atoms with Crippen LogP contribution < -0.4 is 9.62 Å². The summed E-state index contributed by atoms with van der Waals surface area (Å²) in [4.78, 5) is 6.52. The fourth-order valence-electron chi connectivity index (χ4n) is 3.48. The molecule has 1 aromatic heterocycles. The lowest BCUT2D eigenvalue weighted by Gasteiger charge is -2.34. The summed E-state index contributed by atoms with van der Waals surface area (Å²) in [6, 6.07) is 9.25. The van der Waals surface area contributed by atoms with E-state index in [9.17, 15) is 16.8 Å². The molecule has 1 fully saturated rings. The third-order valence-electron chi connectivity index (χ3n) is 5.11. The Morgan fingerprint density at radius 1 is 1.06 bits per heavy atom. The van der Waals surface area contributed by atoms with Gasteiger partial charge in [-0.1, -0.05) is 31.0 Å². The lowest BCUT2D eigenvalue weighted by atomic mass is 10.2. The van der Waals surface area contributed by atoms with E-state index in [1.165, 1.54) is 28.7 Å². The first-order chi connectivity index (χ1) is 14.6. The molecule has 0 saturated carbocycles. The topological polar surface area (TPSA) is 99.7 Å². The van der Waals surface area contributed by atoms with Crippen LogP contribution >= 0.6 is 11.6 Å². The summed E-state index contributed by atoms with van der Waals surface area (Å²) in [5, 5.41) is 0.373. The second kappa shape index (κ2) is 9.83. The summed E-state index contributed by atoms with van der Waals surface area (Å²) in [5.74, 6) is 0.611. The minimum Gasteiger partial charge on any atom is -0.354 e. The molecule has 170 valence electrons. The van der Waals surface area contributed by atoms with E-state index in [1.807, 2.05) is 18.7 Å². The summed E-state index contributed by atoms with van der Waals surface area (Å²) >= 11 is 5.93. The zero-order valence-corrected chi connectivity index (χ0v) is 19.9. The molecule has 1 saturated heterocycles. The molecule has 0 amide bonds. The van der Waals surface area contributed by atoms with Crippen LogP contribution in [0.5, 0.6) is 0 Å². The first-order valence-corrected chi connectivity index (χ1v) is 13.4. The molecule has 11 heteroatoms. The SMILES string of the molecule is CCCC(C)NS(=O)(=O)c1ccc(N2CCN(S(=O)(=O)c3cccc(Cl)c3)CC2)nc1. The smallest absolute Gasteiger partial charge is 0.243 e. The van der Waals surface area contributed by atoms with Gasteiger partial charge in [0.15, 0.2) is 0 Å². The maximum atomic E-state index is 12.8. The first kappa shape index (κ1) is 23.9. The van der Waals surface area contributed by atoms with E-state index in [2.05, 4.69) is 9.71 Å². The van der Waals surface area contributed by atoms with E-state index in [0.29, 0.717) is 37.0 Å². The van der Waals surface area contributed by atoms with Crippen molar-refractivity contribution in [2.45, 2.75) is 42.5 Å². The molecule has 1 unspecified atom stereocenters. The molecule has 1 N–H and O–H groups in total. The van der Waals surface area contributed by atoms with Gasteiger partial charge in [-0.05, 0) is 43.7 Å². The maximum absolute atomic E-state index is 12.8. The van der Waals surface area contributed by atoms with E-state index in [4.69, 9.17) is 11.6 Å². The molecule has 31 heavy (non-hydrogen) atoms. The highest BCUT2D eigenvalue weighted by Gasteiger charge is 2.29. The number of hydrogen-bond acceptors (Lipinski definition) is 6. The van der Waals surface area contributed by atoms with Gasteiger partial charge in [-0.2, -0.15) is 4.31 Å². The number of sulfonamides is 2. The van der Waals surface area contributed by atoms with Crippen LogP contribution in [0.2, 0.25) is 5.02 Å². The lowest BCUT2D eigenvalue weighted by molar-refractivity contribution is 0.384. The molecule has 0 spiro atoms. The Bertz CT molecular complexity index is 1100. The number of hydrogen-bond donors (Lipinski definition) is 1. The summed E-state index contributed by atoms with van der Waals surface area (Å²) < 4.78 is 54.7. The molecule has 8 nitrogen and oxygen atoms in total. The Morgan fingerprint density at radius 3 is 2.35 bits per heavy atom. The molecule has 2 heterocycles. The van der Waals surface area contributed by atoms with Gasteiger partial charge in [-0.15, -0.1) is 0 Å². The fourth-order valence-corrected chi connectivity index (χ4v) is 6.42. The number of nitrogens with one attached hydrogen (secondary N) is 1. The average molecular weight is 487 g/mol. The van der Waals surface area contributed by atoms with Crippen LogP contribution in [0, 0.1) is 0 Å². The monoisotopic (exact) mass is 486 g/mol. The van der Waals surface area contributed by atoms with Crippen molar-refractivity contribution in [3.05, 3.63) is 47.6 Å². The molecule has 1 aromatic carbocycles. The average Bonchev–Trinajstić information content (AvgIpc) is 2.74. The van der Waals surface area contributed by atoms with Gasteiger partial charge >= 0.3 is 0 Å². The van der Waals surface area contributed by atoms with Crippen molar-refractivity contribution in [2.75, 3.05) is 31.1 Å². The van der Waals surface area contributed by atoms with Crippen molar-refractivity contribution >= 4 is 37.5 Å². The van der Waals surface area contributed by atoms with Gasteiger partial charge in [0, 0.05) is 43.4 Å². The molecule has 0 aliphatic carbocycles. The Hall–Kier alpha value is -1.72. The number of anilines is 1. The molecule has 1 atom stereocenters. The highest BCUT2D eigenvalue weighted by Crippen LogP contribution is 2.23. The summed E-state index contributed by atoms with van der Waals surface area (Å²) in [6.07, 6.45) is 2.98. The predicted molar refractivity (Wildman–Crippen MR) is 121 cm³/mol. The van der Waals surface area contributed by atoms with Gasteiger partial charge in [0.25, 0.3) is 0 Å². The number of nitrogens with zero attached hydrogens (tertiary/aromatic N) is 3. The molecule has 3 rings (SSSR count). The Labute approximate surface area is 189 Å². The number of piperazine rings is 1.